The first-order valence-corrected chi connectivity index (χ1v) is 9.15. The number of nitro benzene ring substituents is 1. The van der Waals surface area contributed by atoms with Gasteiger partial charge in [0.05, 0.1) is 17.2 Å². The second-order valence-electron chi connectivity index (χ2n) is 4.98. The third kappa shape index (κ3) is 3.49. The van der Waals surface area contributed by atoms with Crippen molar-refractivity contribution in [3.05, 3.63) is 75.3 Å². The maximum atomic E-state index is 13.0. The summed E-state index contributed by atoms with van der Waals surface area (Å²) in [5.41, 5.74) is 0.800. The van der Waals surface area contributed by atoms with Crippen molar-refractivity contribution in [3.8, 4) is 0 Å². The molecule has 2 rings (SSSR count). The van der Waals surface area contributed by atoms with Crippen LogP contribution in [0, 0.1) is 17.0 Å². The molecule has 0 radical (unpaired) electrons. The fraction of sp³-hybridized carbons (Fsp3) is 0.125. The molecule has 0 atom stereocenters. The minimum Gasteiger partial charge on any atom is -0.262 e. The first-order chi connectivity index (χ1) is 11.3. The SMILES string of the molecule is C=CCN(c1ccc(Br)c(C)c1)S(=O)(=O)c1ccccc1[N+](=O)[O-]. The highest BCUT2D eigenvalue weighted by Gasteiger charge is 2.31. The van der Waals surface area contributed by atoms with Gasteiger partial charge in [0.2, 0.25) is 0 Å². The number of rotatable bonds is 6. The van der Waals surface area contributed by atoms with E-state index in [-0.39, 0.29) is 11.4 Å². The van der Waals surface area contributed by atoms with Crippen molar-refractivity contribution in [2.75, 3.05) is 10.8 Å². The Morgan fingerprint density at radius 1 is 1.29 bits per heavy atom. The van der Waals surface area contributed by atoms with E-state index >= 15 is 0 Å². The zero-order valence-corrected chi connectivity index (χ0v) is 15.2. The van der Waals surface area contributed by atoms with E-state index < -0.39 is 20.6 Å². The molecule has 126 valence electrons. The smallest absolute Gasteiger partial charge is 0.262 e. The molecule has 0 aliphatic rings. The second kappa shape index (κ2) is 7.14. The van der Waals surface area contributed by atoms with Crippen LogP contribution in [0.4, 0.5) is 11.4 Å². The highest BCUT2D eigenvalue weighted by Crippen LogP contribution is 2.31. The Bertz CT molecular complexity index is 897. The third-order valence-electron chi connectivity index (χ3n) is 3.35. The molecule has 0 fully saturated rings. The molecular formula is C16H15BrN2O4S. The standard InChI is InChI=1S/C16H15BrN2O4S/c1-3-10-18(13-8-9-14(17)12(2)11-13)24(22,23)16-7-5-4-6-15(16)19(20)21/h3-9,11H,1,10H2,2H3. The first-order valence-electron chi connectivity index (χ1n) is 6.92. The van der Waals surface area contributed by atoms with Gasteiger partial charge >= 0.3 is 0 Å². The second-order valence-corrected chi connectivity index (χ2v) is 7.67. The molecule has 0 aliphatic carbocycles. The molecule has 0 unspecified atom stereocenters. The number of sulfonamides is 1. The minimum absolute atomic E-state index is 0.00451. The maximum Gasteiger partial charge on any atom is 0.289 e. The van der Waals surface area contributed by atoms with Crippen LogP contribution in [0.5, 0.6) is 0 Å². The van der Waals surface area contributed by atoms with E-state index in [1.54, 1.807) is 18.2 Å². The average Bonchev–Trinajstić information content (AvgIpc) is 2.55. The van der Waals surface area contributed by atoms with Gasteiger partial charge in [0, 0.05) is 10.5 Å². The van der Waals surface area contributed by atoms with Crippen LogP contribution in [0.15, 0.2) is 64.5 Å². The van der Waals surface area contributed by atoms with E-state index in [2.05, 4.69) is 22.5 Å². The molecule has 0 bridgehead atoms. The Hall–Kier alpha value is -2.19. The van der Waals surface area contributed by atoms with Crippen LogP contribution in [0.25, 0.3) is 0 Å². The summed E-state index contributed by atoms with van der Waals surface area (Å²) in [6.07, 6.45) is 1.43. The normalized spacial score (nSPS) is 11.1. The predicted octanol–water partition coefficient (Wildman–Crippen LogP) is 4.05. The minimum atomic E-state index is -4.12. The Labute approximate surface area is 148 Å². The molecule has 0 heterocycles. The largest absolute Gasteiger partial charge is 0.289 e. The van der Waals surface area contributed by atoms with E-state index in [9.17, 15) is 18.5 Å². The van der Waals surface area contributed by atoms with Crippen molar-refractivity contribution in [3.63, 3.8) is 0 Å². The van der Waals surface area contributed by atoms with Crippen molar-refractivity contribution in [1.29, 1.82) is 0 Å². The van der Waals surface area contributed by atoms with Crippen LogP contribution in [0.2, 0.25) is 0 Å². The fourth-order valence-corrected chi connectivity index (χ4v) is 4.02. The predicted molar refractivity (Wildman–Crippen MR) is 96.7 cm³/mol. The lowest BCUT2D eigenvalue weighted by Gasteiger charge is -2.23. The van der Waals surface area contributed by atoms with Crippen molar-refractivity contribution < 1.29 is 13.3 Å². The van der Waals surface area contributed by atoms with Crippen molar-refractivity contribution in [2.45, 2.75) is 11.8 Å². The lowest BCUT2D eigenvalue weighted by atomic mass is 10.2. The van der Waals surface area contributed by atoms with E-state index in [1.807, 2.05) is 6.92 Å². The van der Waals surface area contributed by atoms with Gasteiger partial charge < -0.3 is 0 Å². The van der Waals surface area contributed by atoms with Gasteiger partial charge in [-0.2, -0.15) is 0 Å². The van der Waals surface area contributed by atoms with Crippen LogP contribution in [0.3, 0.4) is 0 Å². The zero-order valence-electron chi connectivity index (χ0n) is 12.8. The molecular weight excluding hydrogens is 396 g/mol. The quantitative estimate of drug-likeness (QED) is 0.408. The van der Waals surface area contributed by atoms with Crippen LogP contribution in [-0.2, 0) is 10.0 Å². The molecule has 0 aromatic heterocycles. The molecule has 6 nitrogen and oxygen atoms in total. The number of halogens is 1. The Balaban J connectivity index is 2.64. The van der Waals surface area contributed by atoms with Crippen LogP contribution in [-0.4, -0.2) is 19.9 Å². The summed E-state index contributed by atoms with van der Waals surface area (Å²) in [4.78, 5) is 10.1. The van der Waals surface area contributed by atoms with Crippen molar-refractivity contribution in [2.24, 2.45) is 0 Å². The molecule has 8 heteroatoms. The Kier molecular flexibility index (Phi) is 5.40. The number of hydrogen-bond donors (Lipinski definition) is 0. The molecule has 0 N–H and O–H groups in total. The number of aryl methyl sites for hydroxylation is 1. The van der Waals surface area contributed by atoms with Gasteiger partial charge in [-0.3, -0.25) is 14.4 Å². The van der Waals surface area contributed by atoms with E-state index in [0.29, 0.717) is 5.69 Å². The summed E-state index contributed by atoms with van der Waals surface area (Å²) in [5.74, 6) is 0. The zero-order chi connectivity index (χ0) is 17.9. The molecule has 0 saturated carbocycles. The molecule has 0 saturated heterocycles. The molecule has 2 aromatic rings. The van der Waals surface area contributed by atoms with Gasteiger partial charge in [0.1, 0.15) is 0 Å². The Morgan fingerprint density at radius 2 is 1.96 bits per heavy atom. The number of nitrogens with zero attached hydrogens (tertiary/aromatic N) is 2. The number of benzene rings is 2. The Morgan fingerprint density at radius 3 is 2.54 bits per heavy atom. The van der Waals surface area contributed by atoms with Crippen molar-refractivity contribution in [1.82, 2.24) is 0 Å². The summed E-state index contributed by atoms with van der Waals surface area (Å²) >= 11 is 3.37. The number of anilines is 1. The van der Waals surface area contributed by atoms with Crippen LogP contribution in [0.1, 0.15) is 5.56 Å². The van der Waals surface area contributed by atoms with Gasteiger partial charge in [0.15, 0.2) is 4.90 Å². The van der Waals surface area contributed by atoms with Gasteiger partial charge in [-0.1, -0.05) is 34.1 Å². The highest BCUT2D eigenvalue weighted by molar-refractivity contribution is 9.10. The first kappa shape index (κ1) is 18.2. The highest BCUT2D eigenvalue weighted by atomic mass is 79.9. The van der Waals surface area contributed by atoms with Crippen molar-refractivity contribution >= 4 is 37.3 Å². The fourth-order valence-electron chi connectivity index (χ4n) is 2.19. The molecule has 0 amide bonds. The number of hydrogen-bond acceptors (Lipinski definition) is 4. The van der Waals surface area contributed by atoms with Gasteiger partial charge in [0.25, 0.3) is 15.7 Å². The summed E-state index contributed by atoms with van der Waals surface area (Å²) in [7, 11) is -4.12. The lowest BCUT2D eigenvalue weighted by molar-refractivity contribution is -0.387. The molecule has 0 spiro atoms. The summed E-state index contributed by atoms with van der Waals surface area (Å²) in [6, 6.07) is 10.3. The maximum absolute atomic E-state index is 13.0. The molecule has 0 aliphatic heterocycles. The molecule has 2 aromatic carbocycles. The van der Waals surface area contributed by atoms with E-state index in [0.717, 1.165) is 14.3 Å². The third-order valence-corrected chi connectivity index (χ3v) is 6.09. The van der Waals surface area contributed by atoms with Gasteiger partial charge in [-0.15, -0.1) is 6.58 Å². The lowest BCUT2D eigenvalue weighted by Crippen LogP contribution is -2.31. The molecule has 24 heavy (non-hydrogen) atoms. The summed E-state index contributed by atoms with van der Waals surface area (Å²) in [6.45, 7) is 5.41. The average molecular weight is 411 g/mol. The summed E-state index contributed by atoms with van der Waals surface area (Å²) < 4.78 is 28.0. The van der Waals surface area contributed by atoms with E-state index in [1.165, 1.54) is 30.3 Å². The van der Waals surface area contributed by atoms with Gasteiger partial charge in [-0.05, 0) is 36.8 Å². The number of nitro groups is 1. The monoisotopic (exact) mass is 410 g/mol. The van der Waals surface area contributed by atoms with Gasteiger partial charge in [-0.25, -0.2) is 8.42 Å². The summed E-state index contributed by atoms with van der Waals surface area (Å²) in [5, 5.41) is 11.2. The topological polar surface area (TPSA) is 80.5 Å². The number of para-hydroxylation sites is 1. The van der Waals surface area contributed by atoms with Crippen LogP contribution < -0.4 is 4.31 Å². The van der Waals surface area contributed by atoms with E-state index in [4.69, 9.17) is 0 Å². The van der Waals surface area contributed by atoms with Crippen LogP contribution >= 0.6 is 15.9 Å².